The van der Waals surface area contributed by atoms with Gasteiger partial charge >= 0.3 is 0 Å². The molecule has 1 aliphatic rings. The van der Waals surface area contributed by atoms with Gasteiger partial charge in [0, 0.05) is 0 Å². The minimum Gasteiger partial charge on any atom is -0.385 e. The summed E-state index contributed by atoms with van der Waals surface area (Å²) in [5.41, 5.74) is 1.45. The smallest absolute Gasteiger partial charge is 0.126 e. The number of ether oxygens (including phenoxy) is 1. The number of quaternary nitrogens is 1. The molecular weight excluding hydrogens is 262 g/mol. The molecule has 1 aromatic carbocycles. The normalized spacial score (nSPS) is 24.2. The number of aliphatic hydroxyl groups is 1. The highest BCUT2D eigenvalue weighted by Crippen LogP contribution is 2.16. The van der Waals surface area contributed by atoms with Gasteiger partial charge < -0.3 is 14.7 Å². The molecule has 1 aliphatic heterocycles. The Morgan fingerprint density at radius 1 is 1.19 bits per heavy atom. The monoisotopic (exact) mass is 292 g/mol. The molecular formula is C18H30NO2+. The number of piperidine rings is 1. The van der Waals surface area contributed by atoms with Gasteiger partial charge in [-0.15, -0.1) is 0 Å². The Morgan fingerprint density at radius 2 is 1.86 bits per heavy atom. The maximum Gasteiger partial charge on any atom is 0.126 e. The van der Waals surface area contributed by atoms with Crippen LogP contribution in [0.3, 0.4) is 0 Å². The summed E-state index contributed by atoms with van der Waals surface area (Å²) in [6.07, 6.45) is 3.61. The molecule has 118 valence electrons. The Labute approximate surface area is 128 Å². The molecule has 2 rings (SSSR count). The number of likely N-dealkylation sites (tertiary alicyclic amines) is 1. The second-order valence-electron chi connectivity index (χ2n) is 6.62. The lowest BCUT2D eigenvalue weighted by Crippen LogP contribution is -3.14. The van der Waals surface area contributed by atoms with E-state index >= 15 is 0 Å². The molecule has 0 unspecified atom stereocenters. The van der Waals surface area contributed by atoms with Crippen LogP contribution in [-0.2, 0) is 11.2 Å². The van der Waals surface area contributed by atoms with Crippen LogP contribution in [0.1, 0.15) is 32.3 Å². The lowest BCUT2D eigenvalue weighted by atomic mass is 9.90. The summed E-state index contributed by atoms with van der Waals surface area (Å²) in [5, 5.41) is 10.0. The predicted octanol–water partition coefficient (Wildman–Crippen LogP) is 1.31. The van der Waals surface area contributed by atoms with Gasteiger partial charge in [0.05, 0.1) is 25.8 Å². The van der Waals surface area contributed by atoms with E-state index in [1.54, 1.807) is 0 Å². The molecule has 0 radical (unpaired) electrons. The summed E-state index contributed by atoms with van der Waals surface area (Å²) in [7, 11) is 0. The van der Waals surface area contributed by atoms with Crippen molar-refractivity contribution >= 4 is 0 Å². The van der Waals surface area contributed by atoms with Crippen molar-refractivity contribution in [2.45, 2.75) is 45.3 Å². The zero-order chi connectivity index (χ0) is 15.1. The van der Waals surface area contributed by atoms with Gasteiger partial charge in [0.25, 0.3) is 0 Å². The first kappa shape index (κ1) is 16.5. The van der Waals surface area contributed by atoms with Gasteiger partial charge in [-0.05, 0) is 44.6 Å². The summed E-state index contributed by atoms with van der Waals surface area (Å²) in [6, 6.07) is 10.8. The van der Waals surface area contributed by atoms with E-state index in [0.29, 0.717) is 6.61 Å². The second-order valence-corrected chi connectivity index (χ2v) is 6.62. The molecule has 1 heterocycles. The van der Waals surface area contributed by atoms with Crippen LogP contribution in [0, 0.1) is 5.92 Å². The first-order valence-electron chi connectivity index (χ1n) is 8.30. The average molecular weight is 292 g/mol. The van der Waals surface area contributed by atoms with Crippen LogP contribution in [-0.4, -0.2) is 43.6 Å². The molecule has 2 N–H and O–H groups in total. The number of benzene rings is 1. The van der Waals surface area contributed by atoms with Crippen LogP contribution in [0.5, 0.6) is 0 Å². The number of rotatable bonds is 7. The highest BCUT2D eigenvalue weighted by Gasteiger charge is 2.24. The van der Waals surface area contributed by atoms with Crippen LogP contribution >= 0.6 is 0 Å². The minimum atomic E-state index is -0.326. The van der Waals surface area contributed by atoms with Crippen LogP contribution in [0.4, 0.5) is 0 Å². The third-order valence-electron chi connectivity index (χ3n) is 4.33. The van der Waals surface area contributed by atoms with Crippen molar-refractivity contribution in [1.29, 1.82) is 0 Å². The maximum absolute atomic E-state index is 10.0. The van der Waals surface area contributed by atoms with E-state index in [2.05, 4.69) is 30.3 Å². The third kappa shape index (κ3) is 6.16. The average Bonchev–Trinajstić information content (AvgIpc) is 2.48. The van der Waals surface area contributed by atoms with Crippen LogP contribution in [0.2, 0.25) is 0 Å². The minimum absolute atomic E-state index is 0.200. The highest BCUT2D eigenvalue weighted by atomic mass is 16.5. The van der Waals surface area contributed by atoms with E-state index in [4.69, 9.17) is 4.74 Å². The molecule has 0 aromatic heterocycles. The van der Waals surface area contributed by atoms with Gasteiger partial charge in [-0.25, -0.2) is 0 Å². The largest absolute Gasteiger partial charge is 0.385 e. The van der Waals surface area contributed by atoms with Gasteiger partial charge in [-0.1, -0.05) is 30.3 Å². The van der Waals surface area contributed by atoms with Crippen molar-refractivity contribution in [3.05, 3.63) is 35.9 Å². The molecule has 1 saturated heterocycles. The Kier molecular flexibility index (Phi) is 6.68. The van der Waals surface area contributed by atoms with Crippen molar-refractivity contribution in [3.8, 4) is 0 Å². The number of hydrogen-bond donors (Lipinski definition) is 2. The van der Waals surface area contributed by atoms with Gasteiger partial charge in [0.15, 0.2) is 0 Å². The fraction of sp³-hybridized carbons (Fsp3) is 0.667. The molecule has 3 nitrogen and oxygen atoms in total. The Hall–Kier alpha value is -0.900. The molecule has 0 amide bonds. The van der Waals surface area contributed by atoms with E-state index in [9.17, 15) is 5.11 Å². The Balaban J connectivity index is 1.66. The van der Waals surface area contributed by atoms with Gasteiger partial charge in [0.2, 0.25) is 0 Å². The molecule has 0 aliphatic carbocycles. The standard InChI is InChI=1S/C18H29NO2/c1-15(2)21-14-18(20)13-19-10-8-17(9-11-19)12-16-6-4-3-5-7-16/h3-7,15,17-18,20H,8-14H2,1-2H3/p+1/t18-/m1/s1. The SMILES string of the molecule is CC(C)OC[C@H](O)C[NH+]1CCC(Cc2ccccc2)CC1. The molecule has 0 spiro atoms. The third-order valence-corrected chi connectivity index (χ3v) is 4.33. The fourth-order valence-electron chi connectivity index (χ4n) is 3.14. The van der Waals surface area contributed by atoms with Crippen molar-refractivity contribution in [2.75, 3.05) is 26.2 Å². The lowest BCUT2D eigenvalue weighted by Gasteiger charge is -2.30. The van der Waals surface area contributed by atoms with Crippen LogP contribution in [0.25, 0.3) is 0 Å². The van der Waals surface area contributed by atoms with E-state index in [-0.39, 0.29) is 12.2 Å². The Morgan fingerprint density at radius 3 is 2.48 bits per heavy atom. The topological polar surface area (TPSA) is 33.9 Å². The first-order valence-corrected chi connectivity index (χ1v) is 8.30. The van der Waals surface area contributed by atoms with Gasteiger partial charge in [-0.3, -0.25) is 0 Å². The molecule has 21 heavy (non-hydrogen) atoms. The number of hydrogen-bond acceptors (Lipinski definition) is 2. The van der Waals surface area contributed by atoms with Crippen molar-refractivity contribution in [3.63, 3.8) is 0 Å². The van der Waals surface area contributed by atoms with E-state index < -0.39 is 0 Å². The fourth-order valence-corrected chi connectivity index (χ4v) is 3.14. The first-order chi connectivity index (χ1) is 10.1. The Bertz CT molecular complexity index is 385. The number of aliphatic hydroxyl groups excluding tert-OH is 1. The summed E-state index contributed by atoms with van der Waals surface area (Å²) in [6.45, 7) is 7.66. The van der Waals surface area contributed by atoms with Gasteiger partial charge in [0.1, 0.15) is 12.6 Å². The van der Waals surface area contributed by atoms with E-state index in [0.717, 1.165) is 12.5 Å². The molecule has 1 atom stereocenters. The summed E-state index contributed by atoms with van der Waals surface area (Å²) in [4.78, 5) is 1.53. The van der Waals surface area contributed by atoms with E-state index in [1.165, 1.54) is 42.8 Å². The van der Waals surface area contributed by atoms with Crippen LogP contribution in [0.15, 0.2) is 30.3 Å². The molecule has 1 fully saturated rings. The maximum atomic E-state index is 10.0. The summed E-state index contributed by atoms with van der Waals surface area (Å²) in [5.74, 6) is 0.806. The van der Waals surface area contributed by atoms with Crippen molar-refractivity contribution < 1.29 is 14.7 Å². The molecule has 0 bridgehead atoms. The van der Waals surface area contributed by atoms with Crippen molar-refractivity contribution in [1.82, 2.24) is 0 Å². The lowest BCUT2D eigenvalue weighted by molar-refractivity contribution is -0.909. The molecule has 3 heteroatoms. The van der Waals surface area contributed by atoms with Gasteiger partial charge in [-0.2, -0.15) is 0 Å². The highest BCUT2D eigenvalue weighted by molar-refractivity contribution is 5.15. The molecule has 1 aromatic rings. The zero-order valence-corrected chi connectivity index (χ0v) is 13.4. The summed E-state index contributed by atoms with van der Waals surface area (Å²) >= 11 is 0. The molecule has 0 saturated carbocycles. The second kappa shape index (κ2) is 8.52. The van der Waals surface area contributed by atoms with E-state index in [1.807, 2.05) is 13.8 Å². The van der Waals surface area contributed by atoms with Crippen molar-refractivity contribution in [2.24, 2.45) is 5.92 Å². The predicted molar refractivity (Wildman–Crippen MR) is 85.5 cm³/mol. The quantitative estimate of drug-likeness (QED) is 0.794. The number of nitrogens with one attached hydrogen (secondary N) is 1. The van der Waals surface area contributed by atoms with Crippen LogP contribution < -0.4 is 4.90 Å². The summed E-state index contributed by atoms with van der Waals surface area (Å²) < 4.78 is 5.48. The zero-order valence-electron chi connectivity index (χ0n) is 13.4.